The molecule has 12 aromatic carbocycles. The number of benzene rings is 12. The molecule has 0 heterocycles. The van der Waals surface area contributed by atoms with Crippen molar-refractivity contribution in [2.75, 3.05) is 4.90 Å². The molecule has 1 atom stereocenters. The molecule has 1 aliphatic rings. The molecule has 0 N–H and O–H groups in total. The van der Waals surface area contributed by atoms with E-state index < -0.39 is 5.41 Å². The fourth-order valence-corrected chi connectivity index (χ4v) is 11.6. The van der Waals surface area contributed by atoms with Gasteiger partial charge in [-0.2, -0.15) is 0 Å². The molecule has 334 valence electrons. The highest BCUT2D eigenvalue weighted by atomic mass is 15.1. The third-order valence-electron chi connectivity index (χ3n) is 14.9. The van der Waals surface area contributed by atoms with Gasteiger partial charge in [0.05, 0.1) is 11.4 Å². The van der Waals surface area contributed by atoms with Crippen molar-refractivity contribution in [3.63, 3.8) is 0 Å². The summed E-state index contributed by atoms with van der Waals surface area (Å²) in [5, 5.41) is 4.98. The third-order valence-corrected chi connectivity index (χ3v) is 14.9. The molecule has 1 unspecified atom stereocenters. The van der Waals surface area contributed by atoms with Crippen LogP contribution in [0, 0.1) is 0 Å². The van der Waals surface area contributed by atoms with Crippen LogP contribution < -0.4 is 4.90 Å². The second-order valence-corrected chi connectivity index (χ2v) is 18.9. The Bertz CT molecular complexity index is 3920. The van der Waals surface area contributed by atoms with Crippen LogP contribution in [0.5, 0.6) is 0 Å². The Balaban J connectivity index is 1.08. The van der Waals surface area contributed by atoms with Crippen LogP contribution in [0.4, 0.5) is 17.1 Å². The highest BCUT2D eigenvalue weighted by Crippen LogP contribution is 2.58. The first kappa shape index (κ1) is 42.1. The zero-order valence-corrected chi connectivity index (χ0v) is 39.5. The fourth-order valence-electron chi connectivity index (χ4n) is 11.6. The molecule has 0 radical (unpaired) electrons. The summed E-state index contributed by atoms with van der Waals surface area (Å²) < 4.78 is 0. The van der Waals surface area contributed by atoms with E-state index >= 15 is 0 Å². The predicted molar refractivity (Wildman–Crippen MR) is 301 cm³/mol. The molecular weight excluding hydrogens is 855 g/mol. The Kier molecular flexibility index (Phi) is 10.4. The van der Waals surface area contributed by atoms with Crippen molar-refractivity contribution in [3.8, 4) is 66.8 Å². The third kappa shape index (κ3) is 7.08. The number of anilines is 3. The topological polar surface area (TPSA) is 3.24 Å². The molecule has 13 rings (SSSR count). The summed E-state index contributed by atoms with van der Waals surface area (Å²) in [5.74, 6) is 0. The minimum Gasteiger partial charge on any atom is -0.310 e. The molecule has 12 aromatic rings. The standard InChI is InChI=1S/C70H49N/c1-70(55-32-15-6-16-33-55)64-39-20-19-36-59(64)61-38-22-40-66(69(61)70)71(65-44-42-53(48-23-7-2-8-24-48)46-62(65)49-25-9-3-10-26-49)56-34-21-31-52(45-56)54-41-43-58-57-35-17-18-37-60(57)67(50-27-11-4-12-28-50)68(63(58)47-54)51-29-13-5-14-30-51/h2-47H,1H3. The SMILES string of the molecule is CC1(c2ccccc2)c2ccccc2-c2cccc(N(c3cccc(-c4ccc5c(c4)c(-c4ccccc4)c(-c4ccccc4)c4ccccc45)c3)c3ccc(-c4ccccc4)cc3-c3ccccc3)c21. The quantitative estimate of drug-likeness (QED) is 0.130. The highest BCUT2D eigenvalue weighted by molar-refractivity contribution is 6.22. The van der Waals surface area contributed by atoms with Gasteiger partial charge in [0.15, 0.2) is 0 Å². The average Bonchev–Trinajstić information content (AvgIpc) is 3.72. The Hall–Kier alpha value is -9.04. The molecule has 1 nitrogen and oxygen atoms in total. The molecule has 0 saturated carbocycles. The molecule has 71 heavy (non-hydrogen) atoms. The maximum atomic E-state index is 2.55. The van der Waals surface area contributed by atoms with E-state index in [1.807, 2.05) is 0 Å². The summed E-state index contributed by atoms with van der Waals surface area (Å²) in [6, 6.07) is 103. The number of hydrogen-bond acceptors (Lipinski definition) is 1. The van der Waals surface area contributed by atoms with Crippen LogP contribution in [0.3, 0.4) is 0 Å². The monoisotopic (exact) mass is 903 g/mol. The van der Waals surface area contributed by atoms with Crippen LogP contribution in [-0.4, -0.2) is 0 Å². The van der Waals surface area contributed by atoms with Gasteiger partial charge in [-0.15, -0.1) is 0 Å². The maximum absolute atomic E-state index is 2.55. The Labute approximate surface area is 416 Å². The second kappa shape index (κ2) is 17.5. The normalized spacial score (nSPS) is 13.8. The van der Waals surface area contributed by atoms with Crippen LogP contribution >= 0.6 is 0 Å². The molecule has 0 aromatic heterocycles. The number of fused-ring (bicyclic) bond motifs is 6. The molecule has 0 bridgehead atoms. The van der Waals surface area contributed by atoms with E-state index in [-0.39, 0.29) is 0 Å². The lowest BCUT2D eigenvalue weighted by molar-refractivity contribution is 0.714. The van der Waals surface area contributed by atoms with Crippen molar-refractivity contribution in [2.24, 2.45) is 0 Å². The molecule has 1 aliphatic carbocycles. The first-order valence-corrected chi connectivity index (χ1v) is 24.7. The number of rotatable bonds is 9. The lowest BCUT2D eigenvalue weighted by Crippen LogP contribution is -2.25. The van der Waals surface area contributed by atoms with E-state index in [2.05, 4.69) is 291 Å². The smallest absolute Gasteiger partial charge is 0.0540 e. The zero-order chi connectivity index (χ0) is 47.3. The second-order valence-electron chi connectivity index (χ2n) is 18.9. The first-order valence-electron chi connectivity index (χ1n) is 24.7. The maximum Gasteiger partial charge on any atom is 0.0540 e. The molecular formula is C70H49N. The predicted octanol–water partition coefficient (Wildman–Crippen LogP) is 19.1. The van der Waals surface area contributed by atoms with Gasteiger partial charge < -0.3 is 4.90 Å². The Morgan fingerprint density at radius 1 is 0.282 bits per heavy atom. The fraction of sp³-hybridized carbons (Fsp3) is 0.0286. The summed E-state index contributed by atoms with van der Waals surface area (Å²) in [4.78, 5) is 2.55. The van der Waals surface area contributed by atoms with E-state index in [1.165, 1.54) is 82.7 Å². The largest absolute Gasteiger partial charge is 0.310 e. The summed E-state index contributed by atoms with van der Waals surface area (Å²) in [5.41, 5.74) is 21.2. The molecule has 0 spiro atoms. The molecule has 0 fully saturated rings. The van der Waals surface area contributed by atoms with Gasteiger partial charge in [-0.25, -0.2) is 0 Å². The number of nitrogens with zero attached hydrogens (tertiary/aromatic N) is 1. The Morgan fingerprint density at radius 3 is 1.48 bits per heavy atom. The van der Waals surface area contributed by atoms with Crippen LogP contribution in [0.15, 0.2) is 279 Å². The van der Waals surface area contributed by atoms with Crippen molar-refractivity contribution >= 4 is 38.6 Å². The van der Waals surface area contributed by atoms with Crippen molar-refractivity contribution in [3.05, 3.63) is 296 Å². The lowest BCUT2D eigenvalue weighted by atomic mass is 9.73. The van der Waals surface area contributed by atoms with Gasteiger partial charge >= 0.3 is 0 Å². The lowest BCUT2D eigenvalue weighted by Gasteiger charge is -2.35. The highest BCUT2D eigenvalue weighted by Gasteiger charge is 2.43. The van der Waals surface area contributed by atoms with Crippen molar-refractivity contribution in [1.29, 1.82) is 0 Å². The summed E-state index contributed by atoms with van der Waals surface area (Å²) in [6.07, 6.45) is 0. The van der Waals surface area contributed by atoms with E-state index in [9.17, 15) is 0 Å². The van der Waals surface area contributed by atoms with Gasteiger partial charge in [0, 0.05) is 16.7 Å². The average molecular weight is 904 g/mol. The van der Waals surface area contributed by atoms with Crippen LogP contribution in [0.1, 0.15) is 23.6 Å². The molecule has 0 saturated heterocycles. The molecule has 1 heteroatoms. The van der Waals surface area contributed by atoms with Gasteiger partial charge in [0.25, 0.3) is 0 Å². The summed E-state index contributed by atoms with van der Waals surface area (Å²) in [7, 11) is 0. The minimum absolute atomic E-state index is 0.443. The van der Waals surface area contributed by atoms with Crippen LogP contribution in [0.25, 0.3) is 88.3 Å². The van der Waals surface area contributed by atoms with E-state index in [1.54, 1.807) is 0 Å². The van der Waals surface area contributed by atoms with E-state index in [0.717, 1.165) is 39.3 Å². The summed E-state index contributed by atoms with van der Waals surface area (Å²) >= 11 is 0. The van der Waals surface area contributed by atoms with Crippen LogP contribution in [-0.2, 0) is 5.41 Å². The molecule has 0 amide bonds. The van der Waals surface area contributed by atoms with Crippen molar-refractivity contribution in [1.82, 2.24) is 0 Å². The van der Waals surface area contributed by atoms with Gasteiger partial charge in [0.2, 0.25) is 0 Å². The minimum atomic E-state index is -0.443. The van der Waals surface area contributed by atoms with E-state index in [4.69, 9.17) is 0 Å². The van der Waals surface area contributed by atoms with Gasteiger partial charge in [-0.05, 0) is 143 Å². The number of hydrogen-bond donors (Lipinski definition) is 0. The van der Waals surface area contributed by atoms with Crippen molar-refractivity contribution < 1.29 is 0 Å². The van der Waals surface area contributed by atoms with Gasteiger partial charge in [-0.1, -0.05) is 243 Å². The van der Waals surface area contributed by atoms with E-state index in [0.29, 0.717) is 0 Å². The van der Waals surface area contributed by atoms with Gasteiger partial charge in [-0.3, -0.25) is 0 Å². The first-order chi connectivity index (χ1) is 35.1. The molecule has 0 aliphatic heterocycles. The Morgan fingerprint density at radius 2 is 0.775 bits per heavy atom. The summed E-state index contributed by atoms with van der Waals surface area (Å²) in [6.45, 7) is 2.43. The van der Waals surface area contributed by atoms with Crippen LogP contribution in [0.2, 0.25) is 0 Å². The zero-order valence-electron chi connectivity index (χ0n) is 39.5. The van der Waals surface area contributed by atoms with Crippen molar-refractivity contribution in [2.45, 2.75) is 12.3 Å². The van der Waals surface area contributed by atoms with Gasteiger partial charge in [0.1, 0.15) is 0 Å².